The van der Waals surface area contributed by atoms with E-state index in [1.807, 2.05) is 47.4 Å². The van der Waals surface area contributed by atoms with Crippen molar-refractivity contribution in [1.29, 1.82) is 0 Å². The number of amides is 1. The Labute approximate surface area is 234 Å². The van der Waals surface area contributed by atoms with E-state index in [0.29, 0.717) is 25.0 Å². The lowest BCUT2D eigenvalue weighted by atomic mass is 9.93. The van der Waals surface area contributed by atoms with Gasteiger partial charge in [-0.25, -0.2) is 9.37 Å². The molecule has 210 valence electrons. The number of methoxy groups -OCH3 is 1. The van der Waals surface area contributed by atoms with Crippen LogP contribution in [0.3, 0.4) is 0 Å². The highest BCUT2D eigenvalue weighted by molar-refractivity contribution is 5.82. The largest absolute Gasteiger partial charge is 0.493 e. The van der Waals surface area contributed by atoms with Gasteiger partial charge in [-0.05, 0) is 61.1 Å². The number of ether oxygens (including phenoxy) is 1. The number of pyridine rings is 1. The predicted molar refractivity (Wildman–Crippen MR) is 155 cm³/mol. The molecule has 1 aliphatic heterocycles. The van der Waals surface area contributed by atoms with Gasteiger partial charge in [-0.1, -0.05) is 30.3 Å². The Morgan fingerprint density at radius 3 is 2.73 bits per heavy atom. The number of nitrogens with two attached hydrogens (primary N) is 1. The maximum atomic E-state index is 14.7. The highest BCUT2D eigenvalue weighted by Gasteiger charge is 2.28. The lowest BCUT2D eigenvalue weighted by Gasteiger charge is -2.34. The Bertz CT molecular complexity index is 1440. The fraction of sp³-hybridized carbons (Fsp3) is 0.375. The number of hydrogen-bond donors (Lipinski definition) is 2. The molecule has 0 aliphatic carbocycles. The fourth-order valence-corrected chi connectivity index (χ4v) is 5.79. The summed E-state index contributed by atoms with van der Waals surface area (Å²) in [6.45, 7) is 2.71. The van der Waals surface area contributed by atoms with Gasteiger partial charge in [0.25, 0.3) is 0 Å². The van der Waals surface area contributed by atoms with Gasteiger partial charge in [0.05, 0.1) is 5.52 Å². The first-order valence-corrected chi connectivity index (χ1v) is 14.0. The third-order valence-electron chi connectivity index (χ3n) is 7.82. The monoisotopic (exact) mass is 544 g/mol. The average molecular weight is 545 g/mol. The molecule has 7 nitrogen and oxygen atoms in total. The van der Waals surface area contributed by atoms with Crippen LogP contribution >= 0.6 is 0 Å². The molecule has 1 saturated heterocycles. The predicted octanol–water partition coefficient (Wildman–Crippen LogP) is 5.25. The van der Waals surface area contributed by atoms with E-state index in [0.717, 1.165) is 60.3 Å². The topological polar surface area (TPSA) is 93.6 Å². The number of piperidine rings is 1. The van der Waals surface area contributed by atoms with E-state index in [9.17, 15) is 14.3 Å². The number of likely N-dealkylation sites (tertiary alicyclic amines) is 1. The first-order chi connectivity index (χ1) is 19.4. The molecular weight excluding hydrogens is 507 g/mol. The fourth-order valence-electron chi connectivity index (χ4n) is 5.79. The van der Waals surface area contributed by atoms with Crippen LogP contribution in [0, 0.1) is 5.82 Å². The summed E-state index contributed by atoms with van der Waals surface area (Å²) in [7, 11) is 1.69. The molecule has 2 aromatic carbocycles. The molecular formula is C32H37FN4O3. The molecule has 0 bridgehead atoms. The molecule has 5 rings (SSSR count). The second kappa shape index (κ2) is 12.6. The summed E-state index contributed by atoms with van der Waals surface area (Å²) in [6, 6.07) is 18.3. The number of fused-ring (bicyclic) bond motifs is 1. The van der Waals surface area contributed by atoms with Gasteiger partial charge in [0.2, 0.25) is 11.8 Å². The number of benzene rings is 2. The number of carbonyl (C=O) groups is 1. The number of hydrogen-bond acceptors (Lipinski definition) is 5. The number of aromatic nitrogens is 2. The summed E-state index contributed by atoms with van der Waals surface area (Å²) in [4.78, 5) is 19.2. The van der Waals surface area contributed by atoms with Crippen molar-refractivity contribution in [1.82, 2.24) is 14.5 Å². The molecule has 2 atom stereocenters. The van der Waals surface area contributed by atoms with Crippen molar-refractivity contribution in [2.45, 2.75) is 50.6 Å². The Balaban J connectivity index is 1.22. The number of aromatic hydroxyl groups is 1. The van der Waals surface area contributed by atoms with E-state index in [1.54, 1.807) is 25.4 Å². The second-order valence-electron chi connectivity index (χ2n) is 10.7. The van der Waals surface area contributed by atoms with Gasteiger partial charge < -0.3 is 25.0 Å². The molecule has 0 saturated carbocycles. The Kier molecular flexibility index (Phi) is 8.77. The van der Waals surface area contributed by atoms with Gasteiger partial charge in [-0.2, -0.15) is 0 Å². The second-order valence-corrected chi connectivity index (χ2v) is 10.7. The molecule has 3 heterocycles. The van der Waals surface area contributed by atoms with Crippen LogP contribution in [-0.2, 0) is 22.5 Å². The number of carbonyl (C=O) groups excluding carboxylic acids is 1. The van der Waals surface area contributed by atoms with Crippen LogP contribution < -0.4 is 5.73 Å². The van der Waals surface area contributed by atoms with Crippen molar-refractivity contribution in [3.8, 4) is 17.0 Å². The van der Waals surface area contributed by atoms with Gasteiger partial charge in [-0.15, -0.1) is 0 Å². The van der Waals surface area contributed by atoms with Crippen molar-refractivity contribution < 1.29 is 19.0 Å². The first-order valence-electron chi connectivity index (χ1n) is 14.0. The molecule has 0 radical (unpaired) electrons. The maximum absolute atomic E-state index is 14.7. The maximum Gasteiger partial charge on any atom is 0.224 e. The number of aryl methyl sites for hydroxylation is 1. The Morgan fingerprint density at radius 2 is 1.98 bits per heavy atom. The van der Waals surface area contributed by atoms with Gasteiger partial charge in [0, 0.05) is 80.6 Å². The minimum absolute atomic E-state index is 0.00519. The molecule has 1 fully saturated rings. The molecule has 40 heavy (non-hydrogen) atoms. The van der Waals surface area contributed by atoms with Crippen LogP contribution in [0.1, 0.15) is 42.9 Å². The van der Waals surface area contributed by atoms with E-state index in [-0.39, 0.29) is 36.0 Å². The molecule has 8 heteroatoms. The van der Waals surface area contributed by atoms with Crippen molar-refractivity contribution in [3.63, 3.8) is 0 Å². The summed E-state index contributed by atoms with van der Waals surface area (Å²) in [5.74, 6) is -0.0106. The number of nitrogens with zero attached hydrogens (tertiary/aromatic N) is 3. The van der Waals surface area contributed by atoms with Crippen molar-refractivity contribution in [2.75, 3.05) is 26.8 Å². The van der Waals surface area contributed by atoms with Crippen LogP contribution in [0.15, 0.2) is 66.9 Å². The Morgan fingerprint density at radius 1 is 1.18 bits per heavy atom. The zero-order valence-electron chi connectivity index (χ0n) is 22.9. The van der Waals surface area contributed by atoms with Crippen LogP contribution in [0.2, 0.25) is 0 Å². The van der Waals surface area contributed by atoms with E-state index in [2.05, 4.69) is 9.55 Å². The highest BCUT2D eigenvalue weighted by Crippen LogP contribution is 2.33. The zero-order valence-corrected chi connectivity index (χ0v) is 22.9. The summed E-state index contributed by atoms with van der Waals surface area (Å²) >= 11 is 0. The van der Waals surface area contributed by atoms with Crippen LogP contribution in [0.5, 0.6) is 5.88 Å². The van der Waals surface area contributed by atoms with Crippen molar-refractivity contribution >= 4 is 16.8 Å². The third kappa shape index (κ3) is 6.35. The minimum atomic E-state index is -0.288. The normalized spacial score (nSPS) is 16.4. The summed E-state index contributed by atoms with van der Waals surface area (Å²) in [5, 5.41) is 10.0. The summed E-state index contributed by atoms with van der Waals surface area (Å²) < 4.78 is 22.1. The quantitative estimate of drug-likeness (QED) is 0.266. The van der Waals surface area contributed by atoms with Crippen LogP contribution in [-0.4, -0.2) is 58.3 Å². The van der Waals surface area contributed by atoms with Crippen molar-refractivity contribution in [2.24, 2.45) is 5.73 Å². The van der Waals surface area contributed by atoms with Gasteiger partial charge in [0.15, 0.2) is 0 Å². The lowest BCUT2D eigenvalue weighted by molar-refractivity contribution is -0.132. The number of halogens is 1. The first kappa shape index (κ1) is 27.8. The lowest BCUT2D eigenvalue weighted by Crippen LogP contribution is -2.42. The molecule has 1 unspecified atom stereocenters. The SMILES string of the molecule is COCCCn1c(C2CCCN(C(=O)C[C@H](N)Cc3ccc(-c4ccc(O)nc4)cc3)C2)cc2c(F)cccc21. The van der Waals surface area contributed by atoms with Gasteiger partial charge in [-0.3, -0.25) is 4.79 Å². The molecule has 1 amide bonds. The average Bonchev–Trinajstić information content (AvgIpc) is 3.34. The van der Waals surface area contributed by atoms with Crippen LogP contribution in [0.25, 0.3) is 22.0 Å². The molecule has 4 aromatic rings. The molecule has 3 N–H and O–H groups in total. The zero-order chi connectivity index (χ0) is 28.1. The van der Waals surface area contributed by atoms with E-state index in [4.69, 9.17) is 10.5 Å². The summed E-state index contributed by atoms with van der Waals surface area (Å²) in [5.41, 5.74) is 11.4. The third-order valence-corrected chi connectivity index (χ3v) is 7.82. The minimum Gasteiger partial charge on any atom is -0.493 e. The van der Waals surface area contributed by atoms with Crippen LogP contribution in [0.4, 0.5) is 4.39 Å². The smallest absolute Gasteiger partial charge is 0.224 e. The van der Waals surface area contributed by atoms with Crippen molar-refractivity contribution in [3.05, 3.63) is 83.9 Å². The Hall–Kier alpha value is -3.75. The van der Waals surface area contributed by atoms with Gasteiger partial charge in [0.1, 0.15) is 5.82 Å². The van der Waals surface area contributed by atoms with E-state index < -0.39 is 0 Å². The highest BCUT2D eigenvalue weighted by atomic mass is 19.1. The van der Waals surface area contributed by atoms with E-state index >= 15 is 0 Å². The molecule has 1 aliphatic rings. The number of rotatable bonds is 10. The van der Waals surface area contributed by atoms with Gasteiger partial charge >= 0.3 is 0 Å². The van der Waals surface area contributed by atoms with E-state index in [1.165, 1.54) is 6.07 Å². The summed E-state index contributed by atoms with van der Waals surface area (Å²) in [6.07, 6.45) is 5.21. The standard InChI is InChI=1S/C32H37FN4O3/c1-40-16-4-15-37-29-7-2-6-28(33)27(29)19-30(37)25-5-3-14-36(21-25)32(39)18-26(34)17-22-8-10-23(11-9-22)24-12-13-31(38)35-20-24/h2,6-13,19-20,25-26H,3-5,14-18,21,34H2,1H3,(H,35,38)/t25?,26-/m1/s1. The molecule has 0 spiro atoms. The molecule has 2 aromatic heterocycles.